The van der Waals surface area contributed by atoms with E-state index in [2.05, 4.69) is 0 Å². The van der Waals surface area contributed by atoms with Crippen molar-refractivity contribution in [2.24, 2.45) is 5.73 Å². The average molecular weight is 246 g/mol. The molecular formula is C14H18N2O2. The molecule has 1 heterocycles. The van der Waals surface area contributed by atoms with Crippen LogP contribution in [0.25, 0.3) is 0 Å². The fraction of sp³-hybridized carbons (Fsp3) is 0.429. The normalized spacial score (nSPS) is 16.0. The number of benzene rings is 1. The summed E-state index contributed by atoms with van der Waals surface area (Å²) in [7, 11) is 0. The largest absolute Gasteiger partial charge is 0.328 e. The highest BCUT2D eigenvalue weighted by Crippen LogP contribution is 2.22. The van der Waals surface area contributed by atoms with Crippen LogP contribution in [0.15, 0.2) is 24.3 Å². The first-order valence-corrected chi connectivity index (χ1v) is 6.36. The van der Waals surface area contributed by atoms with Crippen LogP contribution in [0.4, 0.5) is 0 Å². The number of imide groups is 1. The highest BCUT2D eigenvalue weighted by molar-refractivity contribution is 6.21. The minimum Gasteiger partial charge on any atom is -0.328 e. The molecule has 1 unspecified atom stereocenters. The highest BCUT2D eigenvalue weighted by Gasteiger charge is 2.34. The van der Waals surface area contributed by atoms with Crippen LogP contribution < -0.4 is 5.73 Å². The standard InChI is InChI=1S/C14H18N2O2/c1-2-10(15)6-5-9-16-13(17)11-7-3-4-8-12(11)14(16)18/h3-4,7-8,10H,2,5-6,9,15H2,1H3. The van der Waals surface area contributed by atoms with E-state index in [1.165, 1.54) is 4.90 Å². The molecule has 4 nitrogen and oxygen atoms in total. The Bertz CT molecular complexity index is 436. The lowest BCUT2D eigenvalue weighted by Crippen LogP contribution is -2.31. The molecule has 0 aromatic heterocycles. The van der Waals surface area contributed by atoms with Crippen molar-refractivity contribution in [2.45, 2.75) is 32.2 Å². The van der Waals surface area contributed by atoms with Gasteiger partial charge in [-0.2, -0.15) is 0 Å². The topological polar surface area (TPSA) is 63.4 Å². The van der Waals surface area contributed by atoms with Gasteiger partial charge >= 0.3 is 0 Å². The van der Waals surface area contributed by atoms with E-state index >= 15 is 0 Å². The van der Waals surface area contributed by atoms with Gasteiger partial charge in [0.1, 0.15) is 0 Å². The smallest absolute Gasteiger partial charge is 0.261 e. The van der Waals surface area contributed by atoms with E-state index < -0.39 is 0 Å². The van der Waals surface area contributed by atoms with Crippen LogP contribution in [0.1, 0.15) is 46.9 Å². The van der Waals surface area contributed by atoms with Gasteiger partial charge in [-0.3, -0.25) is 14.5 Å². The Balaban J connectivity index is 2.01. The Hall–Kier alpha value is -1.68. The van der Waals surface area contributed by atoms with E-state index in [9.17, 15) is 9.59 Å². The van der Waals surface area contributed by atoms with Gasteiger partial charge in [0, 0.05) is 12.6 Å². The Morgan fingerprint density at radius 1 is 1.17 bits per heavy atom. The van der Waals surface area contributed by atoms with Crippen LogP contribution in [0, 0.1) is 0 Å². The highest BCUT2D eigenvalue weighted by atomic mass is 16.2. The summed E-state index contributed by atoms with van der Waals surface area (Å²) < 4.78 is 0. The number of nitrogens with zero attached hydrogens (tertiary/aromatic N) is 1. The summed E-state index contributed by atoms with van der Waals surface area (Å²) >= 11 is 0. The zero-order chi connectivity index (χ0) is 13.1. The van der Waals surface area contributed by atoms with E-state index in [-0.39, 0.29) is 17.9 Å². The molecule has 0 fully saturated rings. The molecule has 96 valence electrons. The van der Waals surface area contributed by atoms with Crippen molar-refractivity contribution in [3.05, 3.63) is 35.4 Å². The molecule has 1 aromatic rings. The van der Waals surface area contributed by atoms with Gasteiger partial charge in [-0.25, -0.2) is 0 Å². The maximum atomic E-state index is 12.0. The minimum atomic E-state index is -0.180. The predicted molar refractivity (Wildman–Crippen MR) is 69.3 cm³/mol. The van der Waals surface area contributed by atoms with Crippen LogP contribution in [-0.4, -0.2) is 29.3 Å². The third-order valence-electron chi connectivity index (χ3n) is 3.36. The number of carbonyl (C=O) groups excluding carboxylic acids is 2. The summed E-state index contributed by atoms with van der Waals surface area (Å²) in [6.07, 6.45) is 2.52. The Labute approximate surface area is 107 Å². The monoisotopic (exact) mass is 246 g/mol. The number of fused-ring (bicyclic) bond motifs is 1. The molecule has 0 saturated carbocycles. The number of rotatable bonds is 5. The Morgan fingerprint density at radius 3 is 2.22 bits per heavy atom. The van der Waals surface area contributed by atoms with Crippen molar-refractivity contribution in [1.29, 1.82) is 0 Å². The summed E-state index contributed by atoms with van der Waals surface area (Å²) in [5.41, 5.74) is 6.85. The van der Waals surface area contributed by atoms with Crippen LogP contribution >= 0.6 is 0 Å². The van der Waals surface area contributed by atoms with Gasteiger partial charge in [0.15, 0.2) is 0 Å². The van der Waals surface area contributed by atoms with Crippen molar-refractivity contribution in [3.8, 4) is 0 Å². The second kappa shape index (κ2) is 5.31. The molecule has 18 heavy (non-hydrogen) atoms. The van der Waals surface area contributed by atoms with Crippen molar-refractivity contribution in [1.82, 2.24) is 4.90 Å². The molecular weight excluding hydrogens is 228 g/mol. The predicted octanol–water partition coefficient (Wildman–Crippen LogP) is 1.80. The van der Waals surface area contributed by atoms with E-state index in [4.69, 9.17) is 5.73 Å². The molecule has 1 aliphatic heterocycles. The lowest BCUT2D eigenvalue weighted by Gasteiger charge is -2.15. The molecule has 2 N–H and O–H groups in total. The molecule has 4 heteroatoms. The molecule has 2 rings (SSSR count). The van der Waals surface area contributed by atoms with Crippen LogP contribution in [-0.2, 0) is 0 Å². The summed E-state index contributed by atoms with van der Waals surface area (Å²) in [6, 6.07) is 7.11. The van der Waals surface area contributed by atoms with E-state index in [0.717, 1.165) is 19.3 Å². The maximum Gasteiger partial charge on any atom is 0.261 e. The zero-order valence-electron chi connectivity index (χ0n) is 10.6. The molecule has 0 radical (unpaired) electrons. The lowest BCUT2D eigenvalue weighted by molar-refractivity contribution is 0.0651. The molecule has 0 bridgehead atoms. The fourth-order valence-corrected chi connectivity index (χ4v) is 2.16. The molecule has 0 aliphatic carbocycles. The van der Waals surface area contributed by atoms with Crippen molar-refractivity contribution >= 4 is 11.8 Å². The number of amides is 2. The van der Waals surface area contributed by atoms with Crippen molar-refractivity contribution in [3.63, 3.8) is 0 Å². The molecule has 1 aromatic carbocycles. The second-order valence-electron chi connectivity index (χ2n) is 4.62. The SMILES string of the molecule is CCC(N)CCCN1C(=O)c2ccccc2C1=O. The van der Waals surface area contributed by atoms with Crippen LogP contribution in [0.3, 0.4) is 0 Å². The Morgan fingerprint density at radius 2 is 1.72 bits per heavy atom. The minimum absolute atomic E-state index is 0.153. The first kappa shape index (κ1) is 12.8. The van der Waals surface area contributed by atoms with Gasteiger partial charge < -0.3 is 5.73 Å². The summed E-state index contributed by atoms with van der Waals surface area (Å²) in [5.74, 6) is -0.360. The zero-order valence-corrected chi connectivity index (χ0v) is 10.6. The van der Waals surface area contributed by atoms with Crippen molar-refractivity contribution < 1.29 is 9.59 Å². The molecule has 2 amide bonds. The first-order valence-electron chi connectivity index (χ1n) is 6.36. The molecule has 1 aliphatic rings. The maximum absolute atomic E-state index is 12.0. The summed E-state index contributed by atoms with van der Waals surface area (Å²) in [6.45, 7) is 2.49. The van der Waals surface area contributed by atoms with Gasteiger partial charge in [-0.15, -0.1) is 0 Å². The first-order chi connectivity index (χ1) is 8.65. The van der Waals surface area contributed by atoms with Crippen LogP contribution in [0.5, 0.6) is 0 Å². The van der Waals surface area contributed by atoms with Gasteiger partial charge in [0.05, 0.1) is 11.1 Å². The molecule has 1 atom stereocenters. The van der Waals surface area contributed by atoms with Gasteiger partial charge in [0.2, 0.25) is 0 Å². The van der Waals surface area contributed by atoms with Gasteiger partial charge in [0.25, 0.3) is 11.8 Å². The van der Waals surface area contributed by atoms with E-state index in [1.54, 1.807) is 24.3 Å². The lowest BCUT2D eigenvalue weighted by atomic mass is 10.1. The number of hydrogen-bond acceptors (Lipinski definition) is 3. The number of nitrogens with two attached hydrogens (primary N) is 1. The Kier molecular flexibility index (Phi) is 3.77. The van der Waals surface area contributed by atoms with Gasteiger partial charge in [-0.05, 0) is 31.4 Å². The average Bonchev–Trinajstić information content (AvgIpc) is 2.64. The van der Waals surface area contributed by atoms with Crippen LogP contribution in [0.2, 0.25) is 0 Å². The number of hydrogen-bond donors (Lipinski definition) is 1. The van der Waals surface area contributed by atoms with E-state index in [0.29, 0.717) is 17.7 Å². The van der Waals surface area contributed by atoms with Crippen molar-refractivity contribution in [2.75, 3.05) is 6.54 Å². The summed E-state index contributed by atoms with van der Waals surface area (Å²) in [4.78, 5) is 25.4. The third-order valence-corrected chi connectivity index (χ3v) is 3.36. The van der Waals surface area contributed by atoms with Gasteiger partial charge in [-0.1, -0.05) is 19.1 Å². The second-order valence-corrected chi connectivity index (χ2v) is 4.62. The fourth-order valence-electron chi connectivity index (χ4n) is 2.16. The third kappa shape index (κ3) is 2.29. The van der Waals surface area contributed by atoms with E-state index in [1.807, 2.05) is 6.92 Å². The number of carbonyl (C=O) groups is 2. The molecule has 0 spiro atoms. The summed E-state index contributed by atoms with van der Waals surface area (Å²) in [5, 5.41) is 0. The molecule has 0 saturated heterocycles. The quantitative estimate of drug-likeness (QED) is 0.806.